The molecule has 0 saturated carbocycles. The molecule has 0 aliphatic rings. The van der Waals surface area contributed by atoms with Crippen molar-refractivity contribution in [2.24, 2.45) is 0 Å². The minimum atomic E-state index is -3.74. The van der Waals surface area contributed by atoms with E-state index >= 15 is 0 Å². The first-order valence-corrected chi connectivity index (χ1v) is 12.4. The van der Waals surface area contributed by atoms with Crippen molar-refractivity contribution in [2.75, 3.05) is 25.5 Å². The number of anilines is 1. The molecule has 0 heterocycles. The molecule has 0 bridgehead atoms. The Kier molecular flexibility index (Phi) is 8.25. The summed E-state index contributed by atoms with van der Waals surface area (Å²) >= 11 is 0. The van der Waals surface area contributed by atoms with Crippen LogP contribution in [0.3, 0.4) is 0 Å². The van der Waals surface area contributed by atoms with Crippen LogP contribution in [-0.4, -0.2) is 35.0 Å². The molecule has 0 aliphatic carbocycles. The number of hydrogen-bond donors (Lipinski definition) is 2. The first kappa shape index (κ1) is 24.5. The first-order valence-electron chi connectivity index (χ1n) is 10.9. The average molecular weight is 466 g/mol. The molecule has 174 valence electrons. The van der Waals surface area contributed by atoms with Crippen LogP contribution in [0.4, 0.5) is 5.69 Å². The second-order valence-corrected chi connectivity index (χ2v) is 9.97. The highest BCUT2D eigenvalue weighted by molar-refractivity contribution is 7.89. The van der Waals surface area contributed by atoms with Crippen molar-refractivity contribution < 1.29 is 13.2 Å². The van der Waals surface area contributed by atoms with Crippen LogP contribution >= 0.6 is 0 Å². The molecule has 0 aliphatic heterocycles. The number of carbonyl (C=O) groups is 1. The van der Waals surface area contributed by atoms with E-state index in [0.29, 0.717) is 12.1 Å². The molecule has 2 N–H and O–H groups in total. The van der Waals surface area contributed by atoms with Crippen molar-refractivity contribution in [3.63, 3.8) is 0 Å². The minimum Gasteiger partial charge on any atom is -0.378 e. The van der Waals surface area contributed by atoms with E-state index in [1.165, 1.54) is 17.7 Å². The Bertz CT molecular complexity index is 1180. The number of benzene rings is 3. The number of nitrogens with zero attached hydrogens (tertiary/aromatic N) is 1. The molecule has 0 fully saturated rings. The second-order valence-electron chi connectivity index (χ2n) is 8.21. The molecule has 0 aromatic heterocycles. The maximum absolute atomic E-state index is 12.7. The van der Waals surface area contributed by atoms with Gasteiger partial charge < -0.3 is 10.2 Å². The number of carbonyl (C=O) groups excluding carboxylic acids is 1. The number of sulfonamides is 1. The highest BCUT2D eigenvalue weighted by atomic mass is 32.2. The Morgan fingerprint density at radius 1 is 0.909 bits per heavy atom. The number of amides is 1. The van der Waals surface area contributed by atoms with E-state index < -0.39 is 10.0 Å². The quantitative estimate of drug-likeness (QED) is 0.445. The Morgan fingerprint density at radius 2 is 1.61 bits per heavy atom. The van der Waals surface area contributed by atoms with Crippen LogP contribution in [0.1, 0.15) is 33.5 Å². The van der Waals surface area contributed by atoms with Crippen LogP contribution in [0, 0.1) is 6.92 Å². The zero-order chi connectivity index (χ0) is 23.8. The standard InChI is InChI=1S/C26H31N3O3S/c1-20-11-16-24(33(31,32)28-19-22-8-5-4-6-9-22)18-25(20)26(30)27-17-7-10-21-12-14-23(15-13-21)29(2)3/h4-6,8-9,11-16,18,28H,7,10,17,19H2,1-3H3,(H,27,30). The van der Waals surface area contributed by atoms with Crippen molar-refractivity contribution in [3.8, 4) is 0 Å². The molecule has 6 nitrogen and oxygen atoms in total. The number of aryl methyl sites for hydroxylation is 2. The summed E-state index contributed by atoms with van der Waals surface area (Å²) in [5.74, 6) is -0.268. The van der Waals surface area contributed by atoms with Gasteiger partial charge in [-0.15, -0.1) is 0 Å². The van der Waals surface area contributed by atoms with Crippen molar-refractivity contribution in [2.45, 2.75) is 31.2 Å². The molecule has 33 heavy (non-hydrogen) atoms. The molecule has 0 radical (unpaired) electrons. The molecule has 0 spiro atoms. The summed E-state index contributed by atoms with van der Waals surface area (Å²) in [5.41, 5.74) is 4.32. The zero-order valence-corrected chi connectivity index (χ0v) is 20.2. The summed E-state index contributed by atoms with van der Waals surface area (Å²) < 4.78 is 28.1. The van der Waals surface area contributed by atoms with E-state index in [1.54, 1.807) is 13.0 Å². The van der Waals surface area contributed by atoms with Crippen molar-refractivity contribution in [1.29, 1.82) is 0 Å². The number of nitrogens with one attached hydrogen (secondary N) is 2. The van der Waals surface area contributed by atoms with E-state index in [9.17, 15) is 13.2 Å². The Hall–Kier alpha value is -3.16. The average Bonchev–Trinajstić information content (AvgIpc) is 2.81. The predicted octanol–water partition coefficient (Wildman–Crippen LogP) is 3.90. The Labute approximate surface area is 196 Å². The van der Waals surface area contributed by atoms with Crippen LogP contribution in [0.25, 0.3) is 0 Å². The van der Waals surface area contributed by atoms with Gasteiger partial charge in [0.2, 0.25) is 10.0 Å². The normalized spacial score (nSPS) is 11.2. The van der Waals surface area contributed by atoms with Crippen LogP contribution in [0.5, 0.6) is 0 Å². The lowest BCUT2D eigenvalue weighted by Gasteiger charge is -2.13. The van der Waals surface area contributed by atoms with Crippen molar-refractivity contribution in [3.05, 3.63) is 95.1 Å². The molecular weight excluding hydrogens is 434 g/mol. The predicted molar refractivity (Wildman–Crippen MR) is 133 cm³/mol. The largest absolute Gasteiger partial charge is 0.378 e. The Morgan fingerprint density at radius 3 is 2.27 bits per heavy atom. The van der Waals surface area contributed by atoms with E-state index in [2.05, 4.69) is 39.2 Å². The van der Waals surface area contributed by atoms with E-state index in [4.69, 9.17) is 0 Å². The van der Waals surface area contributed by atoms with Gasteiger partial charge in [-0.05, 0) is 60.7 Å². The van der Waals surface area contributed by atoms with Crippen LogP contribution in [0.2, 0.25) is 0 Å². The lowest BCUT2D eigenvalue weighted by Crippen LogP contribution is -2.27. The second kappa shape index (κ2) is 11.1. The smallest absolute Gasteiger partial charge is 0.251 e. The fourth-order valence-corrected chi connectivity index (χ4v) is 4.46. The number of hydrogen-bond acceptors (Lipinski definition) is 4. The van der Waals surface area contributed by atoms with Gasteiger partial charge in [-0.3, -0.25) is 4.79 Å². The molecule has 3 aromatic rings. The number of rotatable bonds is 10. The summed E-state index contributed by atoms with van der Waals surface area (Å²) in [7, 11) is 0.276. The summed E-state index contributed by atoms with van der Waals surface area (Å²) in [5, 5.41) is 2.91. The zero-order valence-electron chi connectivity index (χ0n) is 19.3. The van der Waals surface area contributed by atoms with Gasteiger partial charge >= 0.3 is 0 Å². The fraction of sp³-hybridized carbons (Fsp3) is 0.269. The molecule has 0 atom stereocenters. The van der Waals surface area contributed by atoms with Gasteiger partial charge in [-0.2, -0.15) is 0 Å². The molecule has 1 amide bonds. The SMILES string of the molecule is Cc1ccc(S(=O)(=O)NCc2ccccc2)cc1C(=O)NCCCc1ccc(N(C)C)cc1. The van der Waals surface area contributed by atoms with Crippen LogP contribution < -0.4 is 14.9 Å². The fourth-order valence-electron chi connectivity index (χ4n) is 3.42. The highest BCUT2D eigenvalue weighted by Gasteiger charge is 2.18. The monoisotopic (exact) mass is 465 g/mol. The van der Waals surface area contributed by atoms with Gasteiger partial charge in [0, 0.05) is 38.4 Å². The van der Waals surface area contributed by atoms with Gasteiger partial charge in [0.05, 0.1) is 4.90 Å². The van der Waals surface area contributed by atoms with E-state index in [1.807, 2.05) is 44.4 Å². The van der Waals surface area contributed by atoms with Gasteiger partial charge in [0.25, 0.3) is 5.91 Å². The molecule has 0 saturated heterocycles. The van der Waals surface area contributed by atoms with E-state index in [0.717, 1.165) is 29.7 Å². The van der Waals surface area contributed by atoms with Crippen molar-refractivity contribution in [1.82, 2.24) is 10.0 Å². The molecule has 7 heteroatoms. The van der Waals surface area contributed by atoms with Gasteiger partial charge in [-0.25, -0.2) is 13.1 Å². The van der Waals surface area contributed by atoms with Gasteiger partial charge in [0.15, 0.2) is 0 Å². The molecule has 0 unspecified atom stereocenters. The third kappa shape index (κ3) is 6.91. The van der Waals surface area contributed by atoms with Gasteiger partial charge in [0.1, 0.15) is 0 Å². The van der Waals surface area contributed by atoms with Crippen LogP contribution in [0.15, 0.2) is 77.7 Å². The Balaban J connectivity index is 1.57. The summed E-state index contributed by atoms with van der Waals surface area (Å²) in [6.45, 7) is 2.50. The first-order chi connectivity index (χ1) is 15.8. The van der Waals surface area contributed by atoms with E-state index in [-0.39, 0.29) is 17.3 Å². The summed E-state index contributed by atoms with van der Waals surface area (Å²) in [6.07, 6.45) is 1.65. The third-order valence-corrected chi connectivity index (χ3v) is 6.85. The summed E-state index contributed by atoms with van der Waals surface area (Å²) in [6, 6.07) is 22.3. The molecular formula is C26H31N3O3S. The maximum atomic E-state index is 12.7. The molecule has 3 aromatic carbocycles. The van der Waals surface area contributed by atoms with Crippen molar-refractivity contribution >= 4 is 21.6 Å². The molecule has 3 rings (SSSR count). The maximum Gasteiger partial charge on any atom is 0.251 e. The summed E-state index contributed by atoms with van der Waals surface area (Å²) in [4.78, 5) is 14.9. The van der Waals surface area contributed by atoms with Crippen LogP contribution in [-0.2, 0) is 23.0 Å². The topological polar surface area (TPSA) is 78.5 Å². The lowest BCUT2D eigenvalue weighted by molar-refractivity contribution is 0.0952. The highest BCUT2D eigenvalue weighted by Crippen LogP contribution is 2.17. The minimum absolute atomic E-state index is 0.0789. The van der Waals surface area contributed by atoms with Gasteiger partial charge in [-0.1, -0.05) is 48.5 Å². The lowest BCUT2D eigenvalue weighted by atomic mass is 10.1. The third-order valence-electron chi connectivity index (χ3n) is 5.45.